The summed E-state index contributed by atoms with van der Waals surface area (Å²) in [6.45, 7) is 0. The largest absolute Gasteiger partial charge is 0.497 e. The van der Waals surface area contributed by atoms with Crippen molar-refractivity contribution in [2.45, 2.75) is 9.92 Å². The molecule has 2 nitrogen and oxygen atoms in total. The maximum absolute atomic E-state index is 5.84. The van der Waals surface area contributed by atoms with Crippen molar-refractivity contribution in [1.82, 2.24) is 4.98 Å². The maximum atomic E-state index is 5.84. The van der Waals surface area contributed by atoms with Gasteiger partial charge in [-0.2, -0.15) is 0 Å². The topological polar surface area (TPSA) is 22.1 Å². The highest BCUT2D eigenvalue weighted by Crippen LogP contribution is 2.33. The van der Waals surface area contributed by atoms with Gasteiger partial charge in [0, 0.05) is 11.1 Å². The van der Waals surface area contributed by atoms with Crippen LogP contribution < -0.4 is 4.74 Å². The molecule has 0 unspecified atom stereocenters. The van der Waals surface area contributed by atoms with Gasteiger partial charge in [0.05, 0.1) is 16.6 Å². The lowest BCUT2D eigenvalue weighted by Gasteiger charge is -2.04. The second-order valence-electron chi connectivity index (χ2n) is 3.22. The Bertz CT molecular complexity index is 518. The standard InChI is InChI=1S/C12H9BrClNOS/c1-16-9-2-4-10(5-3-9)17-12-11(13)6-8(14)7-15-12/h2-7H,1H3. The van der Waals surface area contributed by atoms with Crippen molar-refractivity contribution in [2.75, 3.05) is 7.11 Å². The van der Waals surface area contributed by atoms with Crippen molar-refractivity contribution in [2.24, 2.45) is 0 Å². The zero-order valence-corrected chi connectivity index (χ0v) is 12.1. The lowest BCUT2D eigenvalue weighted by atomic mass is 10.3. The van der Waals surface area contributed by atoms with E-state index in [4.69, 9.17) is 16.3 Å². The molecule has 0 aliphatic heterocycles. The van der Waals surface area contributed by atoms with Gasteiger partial charge >= 0.3 is 0 Å². The number of aromatic nitrogens is 1. The van der Waals surface area contributed by atoms with Gasteiger partial charge in [-0.15, -0.1) is 0 Å². The Hall–Kier alpha value is -0.710. The predicted octanol–water partition coefficient (Wildman–Crippen LogP) is 4.66. The van der Waals surface area contributed by atoms with Crippen LogP contribution in [0.25, 0.3) is 0 Å². The number of rotatable bonds is 3. The molecule has 0 bridgehead atoms. The molecule has 2 rings (SSSR count). The van der Waals surface area contributed by atoms with Crippen molar-refractivity contribution in [3.05, 3.63) is 46.0 Å². The van der Waals surface area contributed by atoms with Gasteiger partial charge in [0.25, 0.3) is 0 Å². The molecule has 0 atom stereocenters. The van der Waals surface area contributed by atoms with Crippen LogP contribution in [-0.4, -0.2) is 12.1 Å². The highest BCUT2D eigenvalue weighted by molar-refractivity contribution is 9.10. The van der Waals surface area contributed by atoms with E-state index < -0.39 is 0 Å². The first-order valence-electron chi connectivity index (χ1n) is 4.82. The predicted molar refractivity (Wildman–Crippen MR) is 74.1 cm³/mol. The summed E-state index contributed by atoms with van der Waals surface area (Å²) in [4.78, 5) is 5.37. The van der Waals surface area contributed by atoms with Crippen LogP contribution in [0.15, 0.2) is 50.9 Å². The van der Waals surface area contributed by atoms with Crippen LogP contribution >= 0.6 is 39.3 Å². The fraction of sp³-hybridized carbons (Fsp3) is 0.0833. The summed E-state index contributed by atoms with van der Waals surface area (Å²) >= 11 is 10.9. The third kappa shape index (κ3) is 3.37. The van der Waals surface area contributed by atoms with E-state index in [2.05, 4.69) is 20.9 Å². The molecular weight excluding hydrogens is 322 g/mol. The third-order valence-electron chi connectivity index (χ3n) is 2.05. The molecule has 0 saturated heterocycles. The Morgan fingerprint density at radius 1 is 1.29 bits per heavy atom. The van der Waals surface area contributed by atoms with Crippen LogP contribution in [0.1, 0.15) is 0 Å². The maximum Gasteiger partial charge on any atom is 0.118 e. The van der Waals surface area contributed by atoms with Crippen molar-refractivity contribution >= 4 is 39.3 Å². The molecule has 1 aromatic carbocycles. The summed E-state index contributed by atoms with van der Waals surface area (Å²) < 4.78 is 6.00. The number of halogens is 2. The second-order valence-corrected chi connectivity index (χ2v) is 5.57. The molecule has 1 heterocycles. The molecule has 1 aromatic heterocycles. The summed E-state index contributed by atoms with van der Waals surface area (Å²) in [7, 11) is 1.65. The van der Waals surface area contributed by atoms with Gasteiger partial charge in [0.15, 0.2) is 0 Å². The van der Waals surface area contributed by atoms with Crippen LogP contribution in [0.3, 0.4) is 0 Å². The smallest absolute Gasteiger partial charge is 0.118 e. The monoisotopic (exact) mass is 329 g/mol. The molecule has 0 fully saturated rings. The van der Waals surface area contributed by atoms with E-state index in [9.17, 15) is 0 Å². The number of methoxy groups -OCH3 is 1. The molecule has 0 amide bonds. The molecule has 0 saturated carbocycles. The van der Waals surface area contributed by atoms with Crippen molar-refractivity contribution in [3.63, 3.8) is 0 Å². The van der Waals surface area contributed by atoms with Gasteiger partial charge in [-0.05, 0) is 46.3 Å². The molecule has 0 spiro atoms. The minimum atomic E-state index is 0.621. The van der Waals surface area contributed by atoms with E-state index in [0.29, 0.717) is 5.02 Å². The van der Waals surface area contributed by atoms with Gasteiger partial charge in [0.2, 0.25) is 0 Å². The molecule has 0 radical (unpaired) electrons. The molecule has 88 valence electrons. The highest BCUT2D eigenvalue weighted by Gasteiger charge is 2.05. The normalized spacial score (nSPS) is 10.3. The Morgan fingerprint density at radius 2 is 2.00 bits per heavy atom. The van der Waals surface area contributed by atoms with Crippen LogP contribution in [0, 0.1) is 0 Å². The molecule has 0 N–H and O–H groups in total. The fourth-order valence-electron chi connectivity index (χ4n) is 1.23. The number of benzene rings is 1. The first-order valence-corrected chi connectivity index (χ1v) is 6.81. The van der Waals surface area contributed by atoms with Crippen molar-refractivity contribution < 1.29 is 4.74 Å². The van der Waals surface area contributed by atoms with E-state index in [1.54, 1.807) is 25.1 Å². The highest BCUT2D eigenvalue weighted by atomic mass is 79.9. The van der Waals surface area contributed by atoms with Gasteiger partial charge < -0.3 is 4.74 Å². The number of pyridine rings is 1. The first-order chi connectivity index (χ1) is 8.19. The van der Waals surface area contributed by atoms with Gasteiger partial charge in [-0.1, -0.05) is 23.4 Å². The summed E-state index contributed by atoms with van der Waals surface area (Å²) in [6.07, 6.45) is 1.64. The minimum Gasteiger partial charge on any atom is -0.497 e. The van der Waals surface area contributed by atoms with Crippen LogP contribution in [-0.2, 0) is 0 Å². The summed E-state index contributed by atoms with van der Waals surface area (Å²) in [6, 6.07) is 9.66. The minimum absolute atomic E-state index is 0.621. The van der Waals surface area contributed by atoms with Crippen LogP contribution in [0.4, 0.5) is 0 Å². The van der Waals surface area contributed by atoms with E-state index in [-0.39, 0.29) is 0 Å². The molecular formula is C12H9BrClNOS. The molecule has 2 aromatic rings. The van der Waals surface area contributed by atoms with E-state index in [1.807, 2.05) is 30.3 Å². The summed E-state index contributed by atoms with van der Waals surface area (Å²) in [5.74, 6) is 0.845. The first kappa shape index (κ1) is 12.7. The Labute approximate surface area is 117 Å². The molecule has 5 heteroatoms. The second kappa shape index (κ2) is 5.76. The number of ether oxygens (including phenoxy) is 1. The van der Waals surface area contributed by atoms with Crippen molar-refractivity contribution in [3.8, 4) is 5.75 Å². The van der Waals surface area contributed by atoms with Gasteiger partial charge in [0.1, 0.15) is 10.8 Å². The Balaban J connectivity index is 2.19. The number of nitrogens with zero attached hydrogens (tertiary/aromatic N) is 1. The van der Waals surface area contributed by atoms with E-state index in [0.717, 1.165) is 20.1 Å². The molecule has 0 aliphatic carbocycles. The average molecular weight is 331 g/mol. The quantitative estimate of drug-likeness (QED) is 0.817. The lowest BCUT2D eigenvalue weighted by Crippen LogP contribution is -1.84. The Kier molecular flexibility index (Phi) is 4.31. The van der Waals surface area contributed by atoms with Crippen molar-refractivity contribution in [1.29, 1.82) is 0 Å². The fourth-order valence-corrected chi connectivity index (χ4v) is 2.87. The number of hydrogen-bond donors (Lipinski definition) is 0. The lowest BCUT2D eigenvalue weighted by molar-refractivity contribution is 0.414. The van der Waals surface area contributed by atoms with Gasteiger partial charge in [-0.25, -0.2) is 4.98 Å². The SMILES string of the molecule is COc1ccc(Sc2ncc(Cl)cc2Br)cc1. The third-order valence-corrected chi connectivity index (χ3v) is 4.15. The van der Waals surface area contributed by atoms with E-state index >= 15 is 0 Å². The zero-order chi connectivity index (χ0) is 12.3. The zero-order valence-electron chi connectivity index (χ0n) is 8.98. The van der Waals surface area contributed by atoms with Crippen LogP contribution in [0.2, 0.25) is 5.02 Å². The Morgan fingerprint density at radius 3 is 2.59 bits per heavy atom. The summed E-state index contributed by atoms with van der Waals surface area (Å²) in [5, 5.41) is 1.51. The number of hydrogen-bond acceptors (Lipinski definition) is 3. The van der Waals surface area contributed by atoms with Crippen LogP contribution in [0.5, 0.6) is 5.75 Å². The van der Waals surface area contributed by atoms with Gasteiger partial charge in [-0.3, -0.25) is 0 Å². The average Bonchev–Trinajstić information content (AvgIpc) is 2.34. The van der Waals surface area contributed by atoms with E-state index in [1.165, 1.54) is 0 Å². The molecule has 0 aliphatic rings. The molecule has 17 heavy (non-hydrogen) atoms. The summed E-state index contributed by atoms with van der Waals surface area (Å²) in [5.41, 5.74) is 0.